The summed E-state index contributed by atoms with van der Waals surface area (Å²) in [7, 11) is 1.42. The normalized spacial score (nSPS) is 27.8. The molecule has 1 fully saturated rings. The van der Waals surface area contributed by atoms with Crippen molar-refractivity contribution in [3.8, 4) is 0 Å². The fourth-order valence-electron chi connectivity index (χ4n) is 2.56. The van der Waals surface area contributed by atoms with E-state index in [1.807, 2.05) is 0 Å². The summed E-state index contributed by atoms with van der Waals surface area (Å²) in [6, 6.07) is 0. The van der Waals surface area contributed by atoms with E-state index in [2.05, 4.69) is 26.8 Å². The van der Waals surface area contributed by atoms with Crippen LogP contribution in [0, 0.1) is 0 Å². The quantitative estimate of drug-likeness (QED) is 0.469. The number of rotatable bonds is 5. The summed E-state index contributed by atoms with van der Waals surface area (Å²) in [5, 5.41) is 10.3. The van der Waals surface area contributed by atoms with Crippen LogP contribution in [0.2, 0.25) is 0 Å². The molecule has 13 heteroatoms. The Morgan fingerprint density at radius 2 is 2.17 bits per heavy atom. The van der Waals surface area contributed by atoms with Crippen molar-refractivity contribution in [3.63, 3.8) is 0 Å². The molecule has 0 bridgehead atoms. The second-order valence-electron chi connectivity index (χ2n) is 5.13. The first-order valence-corrected chi connectivity index (χ1v) is 9.44. The van der Waals surface area contributed by atoms with Gasteiger partial charge in [-0.25, -0.2) is 15.0 Å². The van der Waals surface area contributed by atoms with Crippen LogP contribution in [0.1, 0.15) is 6.23 Å². The highest BCUT2D eigenvalue weighted by Gasteiger charge is 2.46. The number of ether oxygens (including phenoxy) is 2. The minimum atomic E-state index is -3.85. The molecule has 132 valence electrons. The standard InChI is InChI=1S/C11H16N5O6PS/c1-20-8-7(17)5(2-21-23(18,19)24)22-11(8)16-4-15-6-9(12)13-3-14-10(6)16/h3-5,7-8,11,17H,2H2,1H3,(H2,12,13,14)(H2,18,19,24)/t5-,7-,8-,11-/m1/s1. The Bertz CT molecular complexity index is 783. The lowest BCUT2D eigenvalue weighted by atomic mass is 10.1. The van der Waals surface area contributed by atoms with Crippen molar-refractivity contribution in [3.05, 3.63) is 12.7 Å². The number of hydrogen-bond acceptors (Lipinski definition) is 9. The predicted molar refractivity (Wildman–Crippen MR) is 85.1 cm³/mol. The van der Waals surface area contributed by atoms with Gasteiger partial charge in [0.1, 0.15) is 30.2 Å². The van der Waals surface area contributed by atoms with Gasteiger partial charge in [-0.3, -0.25) is 4.57 Å². The molecule has 0 amide bonds. The van der Waals surface area contributed by atoms with Crippen LogP contribution >= 0.6 is 6.72 Å². The third-order valence-electron chi connectivity index (χ3n) is 3.65. The molecule has 5 N–H and O–H groups in total. The van der Waals surface area contributed by atoms with Crippen molar-refractivity contribution in [2.24, 2.45) is 0 Å². The molecule has 0 radical (unpaired) electrons. The van der Waals surface area contributed by atoms with Gasteiger partial charge in [0.05, 0.1) is 12.9 Å². The molecule has 1 aliphatic heterocycles. The maximum Gasteiger partial charge on any atom is 0.321 e. The number of aliphatic hydroxyl groups is 1. The third kappa shape index (κ3) is 3.27. The molecule has 3 heterocycles. The van der Waals surface area contributed by atoms with Crippen molar-refractivity contribution < 1.29 is 28.9 Å². The maximum absolute atomic E-state index is 10.3. The van der Waals surface area contributed by atoms with Gasteiger partial charge in [0.15, 0.2) is 17.7 Å². The van der Waals surface area contributed by atoms with Crippen LogP contribution in [0.4, 0.5) is 5.82 Å². The van der Waals surface area contributed by atoms with Gasteiger partial charge < -0.3 is 34.6 Å². The number of anilines is 1. The molecule has 4 atom stereocenters. The van der Waals surface area contributed by atoms with Crippen molar-refractivity contribution in [1.29, 1.82) is 0 Å². The van der Waals surface area contributed by atoms with Crippen molar-refractivity contribution >= 4 is 35.5 Å². The molecule has 0 aliphatic carbocycles. The van der Waals surface area contributed by atoms with Gasteiger partial charge in [-0.1, -0.05) is 0 Å². The van der Waals surface area contributed by atoms with E-state index < -0.39 is 31.3 Å². The van der Waals surface area contributed by atoms with Crippen LogP contribution in [0.25, 0.3) is 11.2 Å². The maximum atomic E-state index is 10.3. The summed E-state index contributed by atoms with van der Waals surface area (Å²) >= 11 is 4.39. The Kier molecular flexibility index (Phi) is 4.82. The lowest BCUT2D eigenvalue weighted by Gasteiger charge is -2.19. The van der Waals surface area contributed by atoms with Crippen molar-refractivity contribution in [1.82, 2.24) is 19.5 Å². The summed E-state index contributed by atoms with van der Waals surface area (Å²) in [4.78, 5) is 30.4. The predicted octanol–water partition coefficient (Wildman–Crippen LogP) is -1.09. The Labute approximate surface area is 141 Å². The number of hydrogen-bond donors (Lipinski definition) is 4. The van der Waals surface area contributed by atoms with Crippen molar-refractivity contribution in [2.75, 3.05) is 19.5 Å². The minimum absolute atomic E-state index is 0.215. The van der Waals surface area contributed by atoms with E-state index in [1.165, 1.54) is 19.8 Å². The average molecular weight is 377 g/mol. The van der Waals surface area contributed by atoms with Crippen LogP contribution in [0.5, 0.6) is 0 Å². The molecule has 0 saturated carbocycles. The molecule has 3 rings (SSSR count). The second-order valence-corrected chi connectivity index (χ2v) is 7.79. The van der Waals surface area contributed by atoms with Gasteiger partial charge in [0.2, 0.25) is 0 Å². The van der Waals surface area contributed by atoms with Crippen LogP contribution < -0.4 is 5.73 Å². The Hall–Kier alpha value is -1.24. The first kappa shape index (κ1) is 17.6. The SMILES string of the molecule is CO[C@@H]1[C@H](O)[C@@H](COP(O)(O)=S)O[C@H]1n1cnc2c(N)ncnc21. The Morgan fingerprint density at radius 3 is 2.83 bits per heavy atom. The topological polar surface area (TPSA) is 158 Å². The van der Waals surface area contributed by atoms with Gasteiger partial charge >= 0.3 is 6.72 Å². The molecule has 1 saturated heterocycles. The number of nitrogens with zero attached hydrogens (tertiary/aromatic N) is 4. The molecule has 2 aromatic rings. The molecular weight excluding hydrogens is 361 g/mol. The number of aromatic nitrogens is 4. The third-order valence-corrected chi connectivity index (χ3v) is 4.45. The zero-order chi connectivity index (χ0) is 17.5. The molecule has 0 aromatic carbocycles. The summed E-state index contributed by atoms with van der Waals surface area (Å²) in [5.74, 6) is 0.215. The smallest absolute Gasteiger partial charge is 0.321 e. The number of fused-ring (bicyclic) bond motifs is 1. The Morgan fingerprint density at radius 1 is 1.42 bits per heavy atom. The van der Waals surface area contributed by atoms with Gasteiger partial charge in [-0.15, -0.1) is 0 Å². The van der Waals surface area contributed by atoms with Gasteiger partial charge in [0, 0.05) is 7.11 Å². The lowest BCUT2D eigenvalue weighted by Crippen LogP contribution is -2.35. The molecule has 2 aromatic heterocycles. The molecule has 1 aliphatic rings. The van der Waals surface area contributed by atoms with E-state index in [-0.39, 0.29) is 12.4 Å². The van der Waals surface area contributed by atoms with Gasteiger partial charge in [0.25, 0.3) is 0 Å². The summed E-state index contributed by atoms with van der Waals surface area (Å²) in [5.41, 5.74) is 6.56. The fourth-order valence-corrected chi connectivity index (χ4v) is 3.09. The molecule has 11 nitrogen and oxygen atoms in total. The molecule has 0 unspecified atom stereocenters. The van der Waals surface area contributed by atoms with Crippen molar-refractivity contribution in [2.45, 2.75) is 24.5 Å². The van der Waals surface area contributed by atoms with Crippen LogP contribution in [-0.2, 0) is 25.8 Å². The number of methoxy groups -OCH3 is 1. The molecule has 24 heavy (non-hydrogen) atoms. The zero-order valence-corrected chi connectivity index (χ0v) is 14.2. The average Bonchev–Trinajstić information content (AvgIpc) is 3.06. The van der Waals surface area contributed by atoms with E-state index in [1.54, 1.807) is 4.57 Å². The van der Waals surface area contributed by atoms with Gasteiger partial charge in [-0.05, 0) is 11.8 Å². The summed E-state index contributed by atoms with van der Waals surface area (Å²) < 4.78 is 17.4. The van der Waals surface area contributed by atoms with E-state index in [0.29, 0.717) is 11.2 Å². The molecule has 0 spiro atoms. The lowest BCUT2D eigenvalue weighted by molar-refractivity contribution is -0.0567. The highest BCUT2D eigenvalue weighted by molar-refractivity contribution is 8.06. The van der Waals surface area contributed by atoms with E-state index >= 15 is 0 Å². The van der Waals surface area contributed by atoms with E-state index in [4.69, 9.17) is 29.5 Å². The molecular formula is C11H16N5O6PS. The fraction of sp³-hybridized carbons (Fsp3) is 0.545. The van der Waals surface area contributed by atoms with Crippen LogP contribution in [-0.4, -0.2) is 66.4 Å². The monoisotopic (exact) mass is 377 g/mol. The zero-order valence-electron chi connectivity index (χ0n) is 12.5. The number of imidazole rings is 1. The number of aliphatic hydroxyl groups excluding tert-OH is 1. The number of nitrogens with two attached hydrogens (primary N) is 1. The Balaban J connectivity index is 1.89. The summed E-state index contributed by atoms with van der Waals surface area (Å²) in [6.45, 7) is -4.15. The van der Waals surface area contributed by atoms with Gasteiger partial charge in [-0.2, -0.15) is 0 Å². The van der Waals surface area contributed by atoms with Crippen LogP contribution in [0.15, 0.2) is 12.7 Å². The highest BCUT2D eigenvalue weighted by Crippen LogP contribution is 2.39. The highest BCUT2D eigenvalue weighted by atomic mass is 32.5. The summed E-state index contributed by atoms with van der Waals surface area (Å²) in [6.07, 6.45) is -0.755. The van der Waals surface area contributed by atoms with E-state index in [9.17, 15) is 5.11 Å². The second kappa shape index (κ2) is 6.58. The van der Waals surface area contributed by atoms with Crippen LogP contribution in [0.3, 0.4) is 0 Å². The minimum Gasteiger partial charge on any atom is -0.387 e. The first-order chi connectivity index (χ1) is 11.3. The largest absolute Gasteiger partial charge is 0.387 e. The number of nitrogen functional groups attached to an aromatic ring is 1. The van der Waals surface area contributed by atoms with E-state index in [0.717, 1.165) is 0 Å². The first-order valence-electron chi connectivity index (χ1n) is 6.81.